The molecule has 4 rings (SSSR count). The van der Waals surface area contributed by atoms with E-state index in [1.165, 1.54) is 36.0 Å². The van der Waals surface area contributed by atoms with Crippen molar-refractivity contribution < 1.29 is 19.6 Å². The number of rotatable bonds is 4. The van der Waals surface area contributed by atoms with Crippen LogP contribution in [0, 0.1) is 10.1 Å². The lowest BCUT2D eigenvalue weighted by Gasteiger charge is -2.24. The first-order chi connectivity index (χ1) is 15.3. The standard InChI is InChI=1S/C22H17N3O6S/c1-12-18(21(28)31-2)19(13-6-4-3-5-7-13)24-20(27)17(32-22(24)23-12)11-14-10-15(25(29)30)8-9-16(14)26/h3-11,19,26H,1-2H3. The Morgan fingerprint density at radius 1 is 1.28 bits per heavy atom. The molecule has 2 aromatic carbocycles. The molecule has 32 heavy (non-hydrogen) atoms. The molecule has 1 unspecified atom stereocenters. The minimum Gasteiger partial charge on any atom is -0.507 e. The van der Waals surface area contributed by atoms with Crippen LogP contribution >= 0.6 is 11.3 Å². The number of ether oxygens (including phenoxy) is 1. The van der Waals surface area contributed by atoms with E-state index in [1.807, 2.05) is 6.07 Å². The second kappa shape index (κ2) is 8.23. The third kappa shape index (κ3) is 3.60. The predicted molar refractivity (Wildman–Crippen MR) is 117 cm³/mol. The van der Waals surface area contributed by atoms with Gasteiger partial charge in [-0.2, -0.15) is 0 Å². The lowest BCUT2D eigenvalue weighted by molar-refractivity contribution is -0.384. The highest BCUT2D eigenvalue weighted by Crippen LogP contribution is 2.30. The first-order valence-electron chi connectivity index (χ1n) is 9.45. The van der Waals surface area contributed by atoms with E-state index in [0.717, 1.165) is 11.3 Å². The van der Waals surface area contributed by atoms with Gasteiger partial charge < -0.3 is 9.84 Å². The molecule has 10 heteroatoms. The van der Waals surface area contributed by atoms with Crippen LogP contribution in [-0.4, -0.2) is 27.7 Å². The highest BCUT2D eigenvalue weighted by atomic mass is 32.1. The number of methoxy groups -OCH3 is 1. The Hall–Kier alpha value is -4.05. The second-order valence-electron chi connectivity index (χ2n) is 6.98. The number of benzene rings is 2. The van der Waals surface area contributed by atoms with Gasteiger partial charge in [0.05, 0.1) is 33.9 Å². The summed E-state index contributed by atoms with van der Waals surface area (Å²) in [5.41, 5.74) is 0.848. The SMILES string of the molecule is COC(=O)C1=C(C)N=c2sc(=Cc3cc([N+](=O)[O-])ccc3O)c(=O)n2C1c1ccccc1. The highest BCUT2D eigenvalue weighted by Gasteiger charge is 2.32. The number of phenolic OH excluding ortho intramolecular Hbond substituents is 1. The van der Waals surface area contributed by atoms with Crippen LogP contribution in [0.2, 0.25) is 0 Å². The Balaban J connectivity index is 1.98. The maximum Gasteiger partial charge on any atom is 0.338 e. The number of hydrogen-bond acceptors (Lipinski definition) is 8. The fourth-order valence-electron chi connectivity index (χ4n) is 3.56. The quantitative estimate of drug-likeness (QED) is 0.368. The van der Waals surface area contributed by atoms with Gasteiger partial charge in [0, 0.05) is 17.7 Å². The van der Waals surface area contributed by atoms with E-state index < -0.39 is 22.5 Å². The Labute approximate surface area is 185 Å². The molecule has 2 heterocycles. The highest BCUT2D eigenvalue weighted by molar-refractivity contribution is 7.07. The van der Waals surface area contributed by atoms with Crippen LogP contribution in [0.3, 0.4) is 0 Å². The molecule has 1 N–H and O–H groups in total. The van der Waals surface area contributed by atoms with E-state index in [2.05, 4.69) is 4.99 Å². The summed E-state index contributed by atoms with van der Waals surface area (Å²) in [4.78, 5) is 41.3. The molecule has 0 radical (unpaired) electrons. The van der Waals surface area contributed by atoms with Crippen molar-refractivity contribution in [3.63, 3.8) is 0 Å². The fraction of sp³-hybridized carbons (Fsp3) is 0.136. The van der Waals surface area contributed by atoms with Crippen LogP contribution in [0.4, 0.5) is 5.69 Å². The number of nitro groups is 1. The Bertz CT molecular complexity index is 1450. The number of hydrogen-bond donors (Lipinski definition) is 1. The van der Waals surface area contributed by atoms with Crippen molar-refractivity contribution in [2.75, 3.05) is 7.11 Å². The number of aromatic nitrogens is 1. The zero-order valence-electron chi connectivity index (χ0n) is 17.0. The van der Waals surface area contributed by atoms with Crippen molar-refractivity contribution in [3.8, 4) is 5.75 Å². The smallest absolute Gasteiger partial charge is 0.338 e. The molecular weight excluding hydrogens is 434 g/mol. The van der Waals surface area contributed by atoms with E-state index in [1.54, 1.807) is 31.2 Å². The van der Waals surface area contributed by atoms with E-state index in [0.29, 0.717) is 16.1 Å². The van der Waals surface area contributed by atoms with Crippen LogP contribution < -0.4 is 14.9 Å². The number of carbonyl (C=O) groups excluding carboxylic acids is 1. The van der Waals surface area contributed by atoms with Gasteiger partial charge in [-0.05, 0) is 24.6 Å². The second-order valence-corrected chi connectivity index (χ2v) is 7.99. The summed E-state index contributed by atoms with van der Waals surface area (Å²) in [5.74, 6) is -0.793. The van der Waals surface area contributed by atoms with Gasteiger partial charge in [-0.25, -0.2) is 9.79 Å². The van der Waals surface area contributed by atoms with Gasteiger partial charge in [-0.3, -0.25) is 19.5 Å². The third-order valence-electron chi connectivity index (χ3n) is 5.05. The number of allylic oxidation sites excluding steroid dienone is 1. The summed E-state index contributed by atoms with van der Waals surface area (Å²) < 4.78 is 6.56. The van der Waals surface area contributed by atoms with Gasteiger partial charge in [-0.15, -0.1) is 0 Å². The van der Waals surface area contributed by atoms with E-state index in [-0.39, 0.29) is 27.1 Å². The van der Waals surface area contributed by atoms with Gasteiger partial charge in [0.2, 0.25) is 0 Å². The summed E-state index contributed by atoms with van der Waals surface area (Å²) in [5, 5.41) is 21.2. The van der Waals surface area contributed by atoms with Crippen molar-refractivity contribution in [1.82, 2.24) is 4.57 Å². The fourth-order valence-corrected chi connectivity index (χ4v) is 4.59. The first-order valence-corrected chi connectivity index (χ1v) is 10.3. The average molecular weight is 451 g/mol. The molecular formula is C22H17N3O6S. The van der Waals surface area contributed by atoms with Gasteiger partial charge in [0.1, 0.15) is 5.75 Å². The average Bonchev–Trinajstić information content (AvgIpc) is 3.08. The van der Waals surface area contributed by atoms with E-state index >= 15 is 0 Å². The molecule has 3 aromatic rings. The van der Waals surface area contributed by atoms with Crippen molar-refractivity contribution in [3.05, 3.63) is 101 Å². The number of carbonyl (C=O) groups is 1. The molecule has 1 aliphatic rings. The Kier molecular flexibility index (Phi) is 5.45. The lowest BCUT2D eigenvalue weighted by atomic mass is 9.96. The lowest BCUT2D eigenvalue weighted by Crippen LogP contribution is -2.39. The van der Waals surface area contributed by atoms with Gasteiger partial charge in [0.25, 0.3) is 11.2 Å². The molecule has 0 bridgehead atoms. The van der Waals surface area contributed by atoms with Crippen molar-refractivity contribution >= 4 is 29.1 Å². The molecule has 1 atom stereocenters. The normalized spacial score (nSPS) is 15.8. The van der Waals surface area contributed by atoms with Crippen LogP contribution in [-0.2, 0) is 9.53 Å². The summed E-state index contributed by atoms with van der Waals surface area (Å²) in [6.07, 6.45) is 1.38. The molecule has 0 amide bonds. The van der Waals surface area contributed by atoms with E-state index in [4.69, 9.17) is 4.74 Å². The number of nitrogens with zero attached hydrogens (tertiary/aromatic N) is 3. The van der Waals surface area contributed by atoms with Crippen LogP contribution in [0.1, 0.15) is 24.1 Å². The van der Waals surface area contributed by atoms with Crippen molar-refractivity contribution in [1.29, 1.82) is 0 Å². The van der Waals surface area contributed by atoms with Crippen LogP contribution in [0.25, 0.3) is 6.08 Å². The molecule has 0 spiro atoms. The van der Waals surface area contributed by atoms with Gasteiger partial charge >= 0.3 is 5.97 Å². The molecule has 1 aliphatic heterocycles. The minimum atomic E-state index is -0.749. The first kappa shape index (κ1) is 21.2. The number of fused-ring (bicyclic) bond motifs is 1. The molecule has 0 saturated carbocycles. The summed E-state index contributed by atoms with van der Waals surface area (Å²) >= 11 is 1.06. The van der Waals surface area contributed by atoms with Crippen molar-refractivity contribution in [2.45, 2.75) is 13.0 Å². The Morgan fingerprint density at radius 2 is 2.00 bits per heavy atom. The maximum absolute atomic E-state index is 13.4. The molecule has 162 valence electrons. The number of phenols is 1. The van der Waals surface area contributed by atoms with E-state index in [9.17, 15) is 24.8 Å². The minimum absolute atomic E-state index is 0.129. The molecule has 0 fully saturated rings. The van der Waals surface area contributed by atoms with Crippen molar-refractivity contribution in [2.24, 2.45) is 4.99 Å². The number of non-ortho nitro benzene ring substituents is 1. The molecule has 9 nitrogen and oxygen atoms in total. The molecule has 1 aromatic heterocycles. The number of aromatic hydroxyl groups is 1. The zero-order valence-corrected chi connectivity index (χ0v) is 17.8. The van der Waals surface area contributed by atoms with Gasteiger partial charge in [0.15, 0.2) is 4.80 Å². The number of esters is 1. The van der Waals surface area contributed by atoms with Crippen LogP contribution in [0.15, 0.2) is 69.6 Å². The predicted octanol–water partition coefficient (Wildman–Crippen LogP) is 2.02. The third-order valence-corrected chi connectivity index (χ3v) is 6.03. The molecule has 0 aliphatic carbocycles. The maximum atomic E-state index is 13.4. The largest absolute Gasteiger partial charge is 0.507 e. The van der Waals surface area contributed by atoms with Crippen LogP contribution in [0.5, 0.6) is 5.75 Å². The summed E-state index contributed by atoms with van der Waals surface area (Å²) in [6, 6.07) is 11.8. The summed E-state index contributed by atoms with van der Waals surface area (Å²) in [6.45, 7) is 1.67. The Morgan fingerprint density at radius 3 is 2.66 bits per heavy atom. The number of thiazole rings is 1. The monoisotopic (exact) mass is 451 g/mol. The van der Waals surface area contributed by atoms with Gasteiger partial charge in [-0.1, -0.05) is 41.7 Å². The number of nitro benzene ring substituents is 1. The zero-order chi connectivity index (χ0) is 23.0. The molecule has 0 saturated heterocycles. The summed E-state index contributed by atoms with van der Waals surface area (Å²) in [7, 11) is 1.26. The topological polar surface area (TPSA) is 124 Å².